The zero-order chi connectivity index (χ0) is 19.1. The van der Waals surface area contributed by atoms with Crippen molar-refractivity contribution in [2.24, 2.45) is 10.9 Å². The van der Waals surface area contributed by atoms with Gasteiger partial charge in [0.15, 0.2) is 0 Å². The molecule has 26 heavy (non-hydrogen) atoms. The van der Waals surface area contributed by atoms with Crippen molar-refractivity contribution in [1.29, 1.82) is 0 Å². The summed E-state index contributed by atoms with van der Waals surface area (Å²) in [5.74, 6) is -0.0929. The summed E-state index contributed by atoms with van der Waals surface area (Å²) in [5, 5.41) is 22.6. The van der Waals surface area contributed by atoms with Gasteiger partial charge in [0.05, 0.1) is 6.42 Å². The van der Waals surface area contributed by atoms with Gasteiger partial charge in [-0.05, 0) is 29.5 Å². The molecule has 2 aromatic carbocycles. The Balaban J connectivity index is 1.82. The maximum atomic E-state index is 11.8. The molecule has 0 heterocycles. The number of carbonyl (C=O) groups is 1. The molecule has 138 valence electrons. The third kappa shape index (κ3) is 5.81. The zero-order valence-corrected chi connectivity index (χ0v) is 15.0. The van der Waals surface area contributed by atoms with Gasteiger partial charge in [0.1, 0.15) is 17.3 Å². The second-order valence-corrected chi connectivity index (χ2v) is 6.43. The van der Waals surface area contributed by atoms with Crippen LogP contribution in [0.2, 0.25) is 0 Å². The van der Waals surface area contributed by atoms with Crippen LogP contribution in [0.3, 0.4) is 0 Å². The number of phenols is 2. The highest BCUT2D eigenvalue weighted by atomic mass is 16.7. The number of carbonyl (C=O) groups excluding carboxylic acids is 1. The molecule has 0 atom stereocenters. The van der Waals surface area contributed by atoms with Crippen LogP contribution in [0.25, 0.3) is 0 Å². The van der Waals surface area contributed by atoms with Gasteiger partial charge in [0.2, 0.25) is 0 Å². The molecular formula is C20H24N2O4. The van der Waals surface area contributed by atoms with E-state index in [1.165, 1.54) is 23.8 Å². The minimum Gasteiger partial charge on any atom is -0.508 e. The van der Waals surface area contributed by atoms with Gasteiger partial charge < -0.3 is 20.8 Å². The van der Waals surface area contributed by atoms with Crippen molar-refractivity contribution in [3.05, 3.63) is 59.2 Å². The molecule has 4 N–H and O–H groups in total. The number of aromatic hydroxyl groups is 2. The number of phenolic OH excluding ortho intramolecular Hbond substituents is 2. The number of nitrogens with zero attached hydrogens (tertiary/aromatic N) is 1. The average molecular weight is 356 g/mol. The summed E-state index contributed by atoms with van der Waals surface area (Å²) in [6.07, 6.45) is 0.865. The molecule has 0 aliphatic carbocycles. The SMILES string of the molecule is CC(C)c1ccc(CCC(=O)O/N=C(\N)Cc2ccc(O)cc2O)cc1. The van der Waals surface area contributed by atoms with Crippen LogP contribution in [0.5, 0.6) is 11.5 Å². The van der Waals surface area contributed by atoms with Crippen LogP contribution in [0, 0.1) is 0 Å². The molecule has 0 bridgehead atoms. The van der Waals surface area contributed by atoms with Crippen molar-refractivity contribution in [1.82, 2.24) is 0 Å². The lowest BCUT2D eigenvalue weighted by Crippen LogP contribution is -2.17. The minimum atomic E-state index is -0.476. The highest BCUT2D eigenvalue weighted by Crippen LogP contribution is 2.22. The van der Waals surface area contributed by atoms with Crippen molar-refractivity contribution in [3.63, 3.8) is 0 Å². The standard InChI is InChI=1S/C20H24N2O4/c1-13(2)15-6-3-14(4-7-15)5-10-20(25)26-22-19(21)11-16-8-9-17(23)12-18(16)24/h3-4,6-9,12-13,23-24H,5,10-11H2,1-2H3,(H2,21,22). The maximum absolute atomic E-state index is 11.8. The van der Waals surface area contributed by atoms with Gasteiger partial charge in [-0.3, -0.25) is 0 Å². The molecule has 2 rings (SSSR count). The Bertz CT molecular complexity index is 783. The summed E-state index contributed by atoms with van der Waals surface area (Å²) in [6, 6.07) is 12.3. The van der Waals surface area contributed by atoms with E-state index in [9.17, 15) is 15.0 Å². The second-order valence-electron chi connectivity index (χ2n) is 6.43. The summed E-state index contributed by atoms with van der Waals surface area (Å²) in [4.78, 5) is 16.6. The van der Waals surface area contributed by atoms with Crippen LogP contribution in [0.4, 0.5) is 0 Å². The molecule has 0 aliphatic heterocycles. The third-order valence-electron chi connectivity index (χ3n) is 3.97. The Morgan fingerprint density at radius 1 is 1.15 bits per heavy atom. The highest BCUT2D eigenvalue weighted by molar-refractivity contribution is 5.83. The van der Waals surface area contributed by atoms with E-state index in [4.69, 9.17) is 10.6 Å². The first-order chi connectivity index (χ1) is 12.3. The smallest absolute Gasteiger partial charge is 0.335 e. The first-order valence-corrected chi connectivity index (χ1v) is 8.47. The maximum Gasteiger partial charge on any atom is 0.335 e. The quantitative estimate of drug-likeness (QED) is 0.306. The highest BCUT2D eigenvalue weighted by Gasteiger charge is 2.08. The van der Waals surface area contributed by atoms with Crippen LogP contribution in [0.1, 0.15) is 42.9 Å². The zero-order valence-electron chi connectivity index (χ0n) is 15.0. The van der Waals surface area contributed by atoms with Gasteiger partial charge in [0, 0.05) is 18.1 Å². The van der Waals surface area contributed by atoms with Crippen LogP contribution in [-0.2, 0) is 22.5 Å². The Morgan fingerprint density at radius 2 is 1.85 bits per heavy atom. The molecule has 6 nitrogen and oxygen atoms in total. The molecule has 0 radical (unpaired) electrons. The van der Waals surface area contributed by atoms with E-state index < -0.39 is 5.97 Å². The van der Waals surface area contributed by atoms with Crippen molar-refractivity contribution >= 4 is 11.8 Å². The number of oxime groups is 1. The number of amidine groups is 1. The lowest BCUT2D eigenvalue weighted by atomic mass is 10.0. The largest absolute Gasteiger partial charge is 0.508 e. The summed E-state index contributed by atoms with van der Waals surface area (Å²) in [6.45, 7) is 4.26. The lowest BCUT2D eigenvalue weighted by Gasteiger charge is -2.06. The van der Waals surface area contributed by atoms with Crippen LogP contribution < -0.4 is 5.73 Å². The van der Waals surface area contributed by atoms with E-state index in [2.05, 4.69) is 31.1 Å². The third-order valence-corrected chi connectivity index (χ3v) is 3.97. The number of benzene rings is 2. The lowest BCUT2D eigenvalue weighted by molar-refractivity contribution is -0.143. The van der Waals surface area contributed by atoms with Gasteiger partial charge in [-0.15, -0.1) is 0 Å². The van der Waals surface area contributed by atoms with Gasteiger partial charge >= 0.3 is 5.97 Å². The molecular weight excluding hydrogens is 332 g/mol. The monoisotopic (exact) mass is 356 g/mol. The van der Waals surface area contributed by atoms with Crippen molar-refractivity contribution in [2.45, 2.75) is 39.0 Å². The van der Waals surface area contributed by atoms with Crippen LogP contribution in [0.15, 0.2) is 47.6 Å². The molecule has 0 saturated heterocycles. The first-order valence-electron chi connectivity index (χ1n) is 8.47. The fourth-order valence-electron chi connectivity index (χ4n) is 2.40. The molecule has 2 aromatic rings. The molecule has 0 spiro atoms. The molecule has 6 heteroatoms. The molecule has 0 aromatic heterocycles. The summed E-state index contributed by atoms with van der Waals surface area (Å²) < 4.78 is 0. The van der Waals surface area contributed by atoms with Gasteiger partial charge in [-0.1, -0.05) is 49.3 Å². The van der Waals surface area contributed by atoms with Crippen molar-refractivity contribution < 1.29 is 19.8 Å². The molecule has 0 saturated carbocycles. The number of hydrogen-bond donors (Lipinski definition) is 3. The Hall–Kier alpha value is -3.02. The minimum absolute atomic E-state index is 0.0467. The van der Waals surface area contributed by atoms with Crippen molar-refractivity contribution in [2.75, 3.05) is 0 Å². The van der Waals surface area contributed by atoms with E-state index in [1.807, 2.05) is 12.1 Å². The average Bonchev–Trinajstić information content (AvgIpc) is 2.61. The van der Waals surface area contributed by atoms with Gasteiger partial charge in [-0.2, -0.15) is 0 Å². The molecule has 0 aliphatic rings. The normalized spacial score (nSPS) is 11.6. The summed E-state index contributed by atoms with van der Waals surface area (Å²) >= 11 is 0. The molecule has 0 unspecified atom stereocenters. The number of rotatable bonds is 7. The Kier molecular flexibility index (Phi) is 6.60. The first kappa shape index (κ1) is 19.3. The van der Waals surface area contributed by atoms with E-state index in [-0.39, 0.29) is 30.2 Å². The molecule has 0 fully saturated rings. The predicted molar refractivity (Wildman–Crippen MR) is 100 cm³/mol. The Labute approximate surface area is 152 Å². The summed E-state index contributed by atoms with van der Waals surface area (Å²) in [5.41, 5.74) is 8.50. The number of nitrogens with two attached hydrogens (primary N) is 1. The van der Waals surface area contributed by atoms with Gasteiger partial charge in [0.25, 0.3) is 0 Å². The molecule has 0 amide bonds. The summed E-state index contributed by atoms with van der Waals surface area (Å²) in [7, 11) is 0. The predicted octanol–water partition coefficient (Wildman–Crippen LogP) is 3.21. The van der Waals surface area contributed by atoms with E-state index in [0.29, 0.717) is 17.9 Å². The van der Waals surface area contributed by atoms with Crippen LogP contribution in [-0.4, -0.2) is 22.0 Å². The topological polar surface area (TPSA) is 105 Å². The number of hydrogen-bond acceptors (Lipinski definition) is 5. The number of aryl methyl sites for hydroxylation is 1. The fraction of sp³-hybridized carbons (Fsp3) is 0.300. The fourth-order valence-corrected chi connectivity index (χ4v) is 2.40. The van der Waals surface area contributed by atoms with Crippen molar-refractivity contribution in [3.8, 4) is 11.5 Å². The van der Waals surface area contributed by atoms with E-state index in [0.717, 1.165) is 5.56 Å². The van der Waals surface area contributed by atoms with Crippen LogP contribution >= 0.6 is 0 Å². The van der Waals surface area contributed by atoms with E-state index in [1.54, 1.807) is 0 Å². The second kappa shape index (κ2) is 8.89. The van der Waals surface area contributed by atoms with E-state index >= 15 is 0 Å². The van der Waals surface area contributed by atoms with Gasteiger partial charge in [-0.25, -0.2) is 4.79 Å². The Morgan fingerprint density at radius 3 is 2.46 bits per heavy atom.